The molecule has 1 aromatic carbocycles. The number of benzene rings is 1. The van der Waals surface area contributed by atoms with E-state index in [-0.39, 0.29) is 0 Å². The van der Waals surface area contributed by atoms with Gasteiger partial charge in [-0.3, -0.25) is 0 Å². The maximum Gasteiger partial charge on any atom is 0.0623 e. The van der Waals surface area contributed by atoms with Crippen molar-refractivity contribution < 1.29 is 4.74 Å². The molecular weight excluding hydrogens is 236 g/mol. The Hall–Kier alpha value is -1.06. The van der Waals surface area contributed by atoms with Gasteiger partial charge in [-0.2, -0.15) is 0 Å². The lowest BCUT2D eigenvalue weighted by Gasteiger charge is -2.33. The molecule has 0 spiro atoms. The van der Waals surface area contributed by atoms with Gasteiger partial charge in [0, 0.05) is 24.3 Å². The predicted molar refractivity (Wildman–Crippen MR) is 78.5 cm³/mol. The van der Waals surface area contributed by atoms with Crippen molar-refractivity contribution in [2.24, 2.45) is 5.92 Å². The summed E-state index contributed by atoms with van der Waals surface area (Å²) < 4.78 is 5.62. The molecule has 0 bridgehead atoms. The van der Waals surface area contributed by atoms with Crippen LogP contribution in [-0.4, -0.2) is 31.8 Å². The quantitative estimate of drug-likeness (QED) is 0.876. The zero-order valence-electron chi connectivity index (χ0n) is 11.7. The van der Waals surface area contributed by atoms with Crippen molar-refractivity contribution in [2.45, 2.75) is 38.3 Å². The lowest BCUT2D eigenvalue weighted by atomic mass is 9.94. The first kappa shape index (κ1) is 12.9. The number of hydrogen-bond donors (Lipinski definition) is 2. The Morgan fingerprint density at radius 1 is 1.21 bits per heavy atom. The van der Waals surface area contributed by atoms with Crippen LogP contribution < -0.4 is 10.6 Å². The van der Waals surface area contributed by atoms with Crippen molar-refractivity contribution in [3.63, 3.8) is 0 Å². The van der Waals surface area contributed by atoms with E-state index >= 15 is 0 Å². The molecule has 3 rings (SSSR count). The van der Waals surface area contributed by atoms with Crippen LogP contribution in [0.1, 0.15) is 24.8 Å². The monoisotopic (exact) mass is 260 g/mol. The van der Waals surface area contributed by atoms with Crippen molar-refractivity contribution in [1.29, 1.82) is 0 Å². The van der Waals surface area contributed by atoms with Crippen molar-refractivity contribution in [3.8, 4) is 0 Å². The smallest absolute Gasteiger partial charge is 0.0623 e. The summed E-state index contributed by atoms with van der Waals surface area (Å²) in [6.45, 7) is 4.86. The predicted octanol–water partition coefficient (Wildman–Crippen LogP) is 2.56. The summed E-state index contributed by atoms with van der Waals surface area (Å²) in [5, 5.41) is 7.34. The number of ether oxygens (including phenoxy) is 1. The van der Waals surface area contributed by atoms with E-state index in [0.717, 1.165) is 19.8 Å². The molecule has 2 aliphatic rings. The fourth-order valence-electron chi connectivity index (χ4n) is 3.37. The first-order valence-electron chi connectivity index (χ1n) is 7.47. The Balaban J connectivity index is 1.64. The van der Waals surface area contributed by atoms with Gasteiger partial charge in [0.1, 0.15) is 0 Å². The molecule has 3 unspecified atom stereocenters. The molecule has 3 nitrogen and oxygen atoms in total. The topological polar surface area (TPSA) is 33.3 Å². The van der Waals surface area contributed by atoms with Gasteiger partial charge in [0.2, 0.25) is 0 Å². The number of morpholine rings is 1. The van der Waals surface area contributed by atoms with E-state index in [9.17, 15) is 0 Å². The van der Waals surface area contributed by atoms with Gasteiger partial charge >= 0.3 is 0 Å². The zero-order chi connectivity index (χ0) is 13.1. The molecule has 19 heavy (non-hydrogen) atoms. The Morgan fingerprint density at radius 2 is 2.05 bits per heavy atom. The summed E-state index contributed by atoms with van der Waals surface area (Å²) >= 11 is 0. The molecule has 0 amide bonds. The number of hydrogen-bond acceptors (Lipinski definition) is 3. The maximum atomic E-state index is 5.62. The van der Waals surface area contributed by atoms with Gasteiger partial charge in [-0.05, 0) is 37.8 Å². The number of aryl methyl sites for hydroxylation is 1. The van der Waals surface area contributed by atoms with Gasteiger partial charge in [-0.25, -0.2) is 0 Å². The fourth-order valence-corrected chi connectivity index (χ4v) is 3.37. The van der Waals surface area contributed by atoms with Crippen LogP contribution in [0.2, 0.25) is 0 Å². The molecule has 1 aliphatic carbocycles. The highest BCUT2D eigenvalue weighted by Crippen LogP contribution is 2.31. The van der Waals surface area contributed by atoms with Gasteiger partial charge in [-0.15, -0.1) is 0 Å². The first-order chi connectivity index (χ1) is 9.33. The van der Waals surface area contributed by atoms with E-state index in [1.165, 1.54) is 30.5 Å². The van der Waals surface area contributed by atoms with E-state index in [1.54, 1.807) is 0 Å². The summed E-state index contributed by atoms with van der Waals surface area (Å²) in [6, 6.07) is 9.84. The molecule has 1 heterocycles. The van der Waals surface area contributed by atoms with Crippen LogP contribution in [0.3, 0.4) is 0 Å². The minimum absolute atomic E-state index is 0.527. The van der Waals surface area contributed by atoms with Crippen molar-refractivity contribution in [3.05, 3.63) is 29.8 Å². The lowest BCUT2D eigenvalue weighted by Crippen LogP contribution is -2.49. The highest BCUT2D eigenvalue weighted by Gasteiger charge is 2.34. The van der Waals surface area contributed by atoms with E-state index in [2.05, 4.69) is 41.8 Å². The molecule has 1 saturated heterocycles. The molecule has 104 valence electrons. The third-order valence-corrected chi connectivity index (χ3v) is 4.44. The molecule has 1 saturated carbocycles. The van der Waals surface area contributed by atoms with E-state index in [4.69, 9.17) is 4.74 Å². The van der Waals surface area contributed by atoms with E-state index in [1.807, 2.05) is 0 Å². The third kappa shape index (κ3) is 3.10. The molecule has 2 fully saturated rings. The van der Waals surface area contributed by atoms with Gasteiger partial charge in [0.05, 0.1) is 13.2 Å². The van der Waals surface area contributed by atoms with Gasteiger partial charge in [0.15, 0.2) is 0 Å². The Bertz CT molecular complexity index is 398. The van der Waals surface area contributed by atoms with Gasteiger partial charge in [0.25, 0.3) is 0 Å². The van der Waals surface area contributed by atoms with Crippen LogP contribution in [0, 0.1) is 12.8 Å². The first-order valence-corrected chi connectivity index (χ1v) is 7.47. The molecule has 3 atom stereocenters. The minimum atomic E-state index is 0.527. The zero-order valence-corrected chi connectivity index (χ0v) is 11.7. The van der Waals surface area contributed by atoms with E-state index < -0.39 is 0 Å². The Kier molecular flexibility index (Phi) is 4.04. The molecule has 1 aliphatic heterocycles. The van der Waals surface area contributed by atoms with Crippen LogP contribution in [0.25, 0.3) is 0 Å². The standard InChI is InChI=1S/C16H24N2O/c1-12-5-7-13(8-6-12)18-15-4-2-3-14(15)16-11-19-10-9-17-16/h5-8,14-18H,2-4,9-11H2,1H3. The van der Waals surface area contributed by atoms with Crippen LogP contribution in [0.4, 0.5) is 5.69 Å². The molecule has 0 radical (unpaired) electrons. The fraction of sp³-hybridized carbons (Fsp3) is 0.625. The second kappa shape index (κ2) is 5.93. The highest BCUT2D eigenvalue weighted by molar-refractivity contribution is 5.45. The average Bonchev–Trinajstić information content (AvgIpc) is 2.90. The normalized spacial score (nSPS) is 31.3. The van der Waals surface area contributed by atoms with Crippen LogP contribution in [0.5, 0.6) is 0 Å². The highest BCUT2D eigenvalue weighted by atomic mass is 16.5. The number of rotatable bonds is 3. The van der Waals surface area contributed by atoms with Crippen LogP contribution in [0.15, 0.2) is 24.3 Å². The van der Waals surface area contributed by atoms with Crippen LogP contribution >= 0.6 is 0 Å². The summed E-state index contributed by atoms with van der Waals surface area (Å²) in [6.07, 6.45) is 3.91. The molecule has 3 heteroatoms. The number of nitrogens with one attached hydrogen (secondary N) is 2. The SMILES string of the molecule is Cc1ccc(NC2CCCC2C2COCCN2)cc1. The Labute approximate surface area is 115 Å². The Morgan fingerprint density at radius 3 is 2.79 bits per heavy atom. The third-order valence-electron chi connectivity index (χ3n) is 4.44. The second-order valence-electron chi connectivity index (χ2n) is 5.85. The summed E-state index contributed by atoms with van der Waals surface area (Å²) in [4.78, 5) is 0. The lowest BCUT2D eigenvalue weighted by molar-refractivity contribution is 0.0559. The van der Waals surface area contributed by atoms with Crippen molar-refractivity contribution in [1.82, 2.24) is 5.32 Å². The van der Waals surface area contributed by atoms with Gasteiger partial charge < -0.3 is 15.4 Å². The molecular formula is C16H24N2O. The largest absolute Gasteiger partial charge is 0.382 e. The number of anilines is 1. The van der Waals surface area contributed by atoms with Gasteiger partial charge in [-0.1, -0.05) is 24.1 Å². The molecule has 2 N–H and O–H groups in total. The van der Waals surface area contributed by atoms with Crippen molar-refractivity contribution >= 4 is 5.69 Å². The summed E-state index contributed by atoms with van der Waals surface area (Å²) in [5.41, 5.74) is 2.56. The summed E-state index contributed by atoms with van der Waals surface area (Å²) in [5.74, 6) is 0.696. The average molecular weight is 260 g/mol. The van der Waals surface area contributed by atoms with Crippen molar-refractivity contribution in [2.75, 3.05) is 25.1 Å². The minimum Gasteiger partial charge on any atom is -0.382 e. The summed E-state index contributed by atoms with van der Waals surface area (Å²) in [7, 11) is 0. The van der Waals surface area contributed by atoms with E-state index in [0.29, 0.717) is 18.0 Å². The maximum absolute atomic E-state index is 5.62. The molecule has 0 aromatic heterocycles. The second-order valence-corrected chi connectivity index (χ2v) is 5.85. The van der Waals surface area contributed by atoms with Crippen LogP contribution in [-0.2, 0) is 4.74 Å². The molecule has 1 aromatic rings.